The lowest BCUT2D eigenvalue weighted by molar-refractivity contribution is -0.122. The number of barbiturate groups is 1. The van der Waals surface area contributed by atoms with Crippen molar-refractivity contribution in [2.45, 2.75) is 20.5 Å². The van der Waals surface area contributed by atoms with E-state index in [2.05, 4.69) is 5.32 Å². The Balaban J connectivity index is 1.65. The maximum Gasteiger partial charge on any atom is 0.335 e. The first-order valence-electron chi connectivity index (χ1n) is 11.1. The number of hydrogen-bond donors (Lipinski definition) is 1. The number of nitrogens with zero attached hydrogens (tertiary/aromatic N) is 1. The van der Waals surface area contributed by atoms with Crippen molar-refractivity contribution < 1.29 is 23.9 Å². The van der Waals surface area contributed by atoms with Gasteiger partial charge in [-0.15, -0.1) is 0 Å². The molecule has 1 saturated heterocycles. The van der Waals surface area contributed by atoms with Gasteiger partial charge >= 0.3 is 6.03 Å². The van der Waals surface area contributed by atoms with E-state index in [-0.39, 0.29) is 17.2 Å². The molecule has 1 fully saturated rings. The number of hydrogen-bond acceptors (Lipinski definition) is 5. The summed E-state index contributed by atoms with van der Waals surface area (Å²) in [5.74, 6) is -0.872. The van der Waals surface area contributed by atoms with Crippen LogP contribution in [0.1, 0.15) is 23.6 Å². The molecule has 4 amide bonds. The Morgan fingerprint density at radius 2 is 1.64 bits per heavy atom. The number of aryl methyl sites for hydroxylation is 1. The van der Waals surface area contributed by atoms with E-state index in [4.69, 9.17) is 32.7 Å². The van der Waals surface area contributed by atoms with Crippen LogP contribution in [0.25, 0.3) is 6.08 Å². The summed E-state index contributed by atoms with van der Waals surface area (Å²) in [5.41, 5.74) is 2.41. The highest BCUT2D eigenvalue weighted by atomic mass is 35.5. The molecule has 0 saturated carbocycles. The van der Waals surface area contributed by atoms with Crippen molar-refractivity contribution in [2.75, 3.05) is 11.5 Å². The molecule has 36 heavy (non-hydrogen) atoms. The van der Waals surface area contributed by atoms with Crippen LogP contribution in [0.3, 0.4) is 0 Å². The van der Waals surface area contributed by atoms with E-state index in [0.717, 1.165) is 16.0 Å². The molecule has 184 valence electrons. The second-order valence-electron chi connectivity index (χ2n) is 7.97. The Hall–Kier alpha value is -3.81. The summed E-state index contributed by atoms with van der Waals surface area (Å²) in [6, 6.07) is 16.4. The van der Waals surface area contributed by atoms with Crippen molar-refractivity contribution in [3.63, 3.8) is 0 Å². The minimum atomic E-state index is -0.815. The Morgan fingerprint density at radius 1 is 0.944 bits per heavy atom. The molecule has 3 aromatic carbocycles. The standard InChI is InChI=1S/C27H22Cl2N2O5/c1-3-35-23-14-18(13-22(29)24(23)36-15-17-6-8-19(28)9-7-17)12-21-25(32)30-27(34)31(26(21)33)20-10-4-16(2)5-11-20/h4-14H,3,15H2,1-2H3,(H,30,32,34)/b21-12+. The lowest BCUT2D eigenvalue weighted by Gasteiger charge is -2.26. The molecule has 0 aromatic heterocycles. The van der Waals surface area contributed by atoms with Gasteiger partial charge < -0.3 is 9.47 Å². The van der Waals surface area contributed by atoms with Gasteiger partial charge in [0.05, 0.1) is 17.3 Å². The second-order valence-corrected chi connectivity index (χ2v) is 8.82. The minimum Gasteiger partial charge on any atom is -0.490 e. The van der Waals surface area contributed by atoms with Crippen LogP contribution in [-0.4, -0.2) is 24.5 Å². The normalized spacial score (nSPS) is 14.7. The van der Waals surface area contributed by atoms with E-state index in [1.54, 1.807) is 48.5 Å². The van der Waals surface area contributed by atoms with Gasteiger partial charge in [0, 0.05) is 5.02 Å². The molecule has 0 unspecified atom stereocenters. The van der Waals surface area contributed by atoms with Gasteiger partial charge in [0.15, 0.2) is 11.5 Å². The summed E-state index contributed by atoms with van der Waals surface area (Å²) in [7, 11) is 0. The predicted molar refractivity (Wildman–Crippen MR) is 139 cm³/mol. The number of carbonyl (C=O) groups is 3. The predicted octanol–water partition coefficient (Wildman–Crippen LogP) is 5.95. The van der Waals surface area contributed by atoms with Crippen molar-refractivity contribution in [1.82, 2.24) is 5.32 Å². The van der Waals surface area contributed by atoms with E-state index < -0.39 is 17.8 Å². The van der Waals surface area contributed by atoms with Gasteiger partial charge in [0.1, 0.15) is 12.2 Å². The number of urea groups is 1. The third-order valence-electron chi connectivity index (χ3n) is 5.33. The summed E-state index contributed by atoms with van der Waals surface area (Å²) in [4.78, 5) is 39.1. The number of anilines is 1. The summed E-state index contributed by atoms with van der Waals surface area (Å²) in [6.07, 6.45) is 1.36. The average Bonchev–Trinajstić information content (AvgIpc) is 2.83. The number of nitrogens with one attached hydrogen (secondary N) is 1. The van der Waals surface area contributed by atoms with Gasteiger partial charge in [-0.1, -0.05) is 53.0 Å². The van der Waals surface area contributed by atoms with Crippen LogP contribution in [0.15, 0.2) is 66.2 Å². The topological polar surface area (TPSA) is 84.9 Å². The fourth-order valence-corrected chi connectivity index (χ4v) is 3.96. The zero-order valence-corrected chi connectivity index (χ0v) is 21.0. The smallest absolute Gasteiger partial charge is 0.335 e. The van der Waals surface area contributed by atoms with Crippen LogP contribution in [0.5, 0.6) is 11.5 Å². The lowest BCUT2D eigenvalue weighted by atomic mass is 10.1. The SMILES string of the molecule is CCOc1cc(/C=C2\C(=O)NC(=O)N(c3ccc(C)cc3)C2=O)cc(Cl)c1OCc1ccc(Cl)cc1. The third kappa shape index (κ3) is 5.53. The summed E-state index contributed by atoms with van der Waals surface area (Å²) in [5, 5.41) is 3.06. The van der Waals surface area contributed by atoms with Gasteiger partial charge in [0.25, 0.3) is 11.8 Å². The monoisotopic (exact) mass is 524 g/mol. The highest BCUT2D eigenvalue weighted by Gasteiger charge is 2.36. The van der Waals surface area contributed by atoms with Crippen molar-refractivity contribution in [3.8, 4) is 11.5 Å². The maximum absolute atomic E-state index is 13.2. The number of carbonyl (C=O) groups excluding carboxylic acids is 3. The molecule has 9 heteroatoms. The van der Waals surface area contributed by atoms with E-state index >= 15 is 0 Å². The van der Waals surface area contributed by atoms with Crippen LogP contribution < -0.4 is 19.7 Å². The molecule has 0 bridgehead atoms. The summed E-state index contributed by atoms with van der Waals surface area (Å²) >= 11 is 12.4. The molecule has 3 aromatic rings. The highest BCUT2D eigenvalue weighted by molar-refractivity contribution is 6.39. The molecule has 4 rings (SSSR count). The number of imide groups is 2. The lowest BCUT2D eigenvalue weighted by Crippen LogP contribution is -2.54. The molecule has 0 spiro atoms. The van der Waals surface area contributed by atoms with Crippen LogP contribution in [-0.2, 0) is 16.2 Å². The molecule has 0 atom stereocenters. The minimum absolute atomic E-state index is 0.219. The van der Waals surface area contributed by atoms with Crippen LogP contribution in [0, 0.1) is 6.92 Å². The Morgan fingerprint density at radius 3 is 2.31 bits per heavy atom. The van der Waals surface area contributed by atoms with Crippen LogP contribution in [0.2, 0.25) is 10.0 Å². The van der Waals surface area contributed by atoms with Crippen molar-refractivity contribution in [2.24, 2.45) is 0 Å². The van der Waals surface area contributed by atoms with Gasteiger partial charge in [-0.2, -0.15) is 0 Å². The van der Waals surface area contributed by atoms with Gasteiger partial charge in [-0.3, -0.25) is 14.9 Å². The number of ether oxygens (including phenoxy) is 2. The average molecular weight is 525 g/mol. The Labute approximate surface area is 218 Å². The van der Waals surface area contributed by atoms with Gasteiger partial charge in [0.2, 0.25) is 0 Å². The molecule has 1 heterocycles. The van der Waals surface area contributed by atoms with Crippen molar-refractivity contribution in [1.29, 1.82) is 0 Å². The van der Waals surface area contributed by atoms with Crippen LogP contribution >= 0.6 is 23.2 Å². The van der Waals surface area contributed by atoms with Crippen molar-refractivity contribution in [3.05, 3.63) is 93.0 Å². The van der Waals surface area contributed by atoms with E-state index in [0.29, 0.717) is 34.4 Å². The third-order valence-corrected chi connectivity index (χ3v) is 5.87. The van der Waals surface area contributed by atoms with Gasteiger partial charge in [-0.05, 0) is 67.4 Å². The molecule has 1 aliphatic heterocycles. The summed E-state index contributed by atoms with van der Waals surface area (Å²) < 4.78 is 11.6. The number of amides is 4. The molecule has 7 nitrogen and oxygen atoms in total. The molecule has 1 aliphatic rings. The van der Waals surface area contributed by atoms with E-state index in [9.17, 15) is 14.4 Å². The number of rotatable bonds is 7. The first-order valence-corrected chi connectivity index (χ1v) is 11.8. The summed E-state index contributed by atoms with van der Waals surface area (Å²) in [6.45, 7) is 4.26. The van der Waals surface area contributed by atoms with Crippen LogP contribution in [0.4, 0.5) is 10.5 Å². The van der Waals surface area contributed by atoms with E-state index in [1.807, 2.05) is 26.0 Å². The van der Waals surface area contributed by atoms with E-state index in [1.165, 1.54) is 6.08 Å². The Kier molecular flexibility index (Phi) is 7.62. The molecule has 0 aliphatic carbocycles. The molecular formula is C27H22Cl2N2O5. The zero-order chi connectivity index (χ0) is 25.8. The fraction of sp³-hybridized carbons (Fsp3) is 0.148. The quantitative estimate of drug-likeness (QED) is 0.305. The maximum atomic E-state index is 13.2. The fourth-order valence-electron chi connectivity index (χ4n) is 3.56. The number of benzene rings is 3. The largest absolute Gasteiger partial charge is 0.490 e. The first-order chi connectivity index (χ1) is 17.3. The molecule has 0 radical (unpaired) electrons. The molecular weight excluding hydrogens is 503 g/mol. The first kappa shape index (κ1) is 25.3. The zero-order valence-electron chi connectivity index (χ0n) is 19.5. The van der Waals surface area contributed by atoms with Crippen molar-refractivity contribution >= 4 is 52.8 Å². The number of halogens is 2. The second kappa shape index (κ2) is 10.8. The Bertz CT molecular complexity index is 1350. The van der Waals surface area contributed by atoms with Gasteiger partial charge in [-0.25, -0.2) is 9.69 Å². The molecule has 1 N–H and O–H groups in total. The highest BCUT2D eigenvalue weighted by Crippen LogP contribution is 2.38.